The molecule has 0 aliphatic rings. The van der Waals surface area contributed by atoms with Crippen LogP contribution in [0.1, 0.15) is 5.56 Å². The van der Waals surface area contributed by atoms with Gasteiger partial charge in [-0.05, 0) is 29.1 Å². The van der Waals surface area contributed by atoms with Crippen molar-refractivity contribution in [2.45, 2.75) is 6.54 Å². The number of benzene rings is 2. The first kappa shape index (κ1) is 13.4. The summed E-state index contributed by atoms with van der Waals surface area (Å²) in [6.07, 6.45) is 0. The summed E-state index contributed by atoms with van der Waals surface area (Å²) in [6, 6.07) is 21.0. The molecule has 0 fully saturated rings. The maximum Gasteiger partial charge on any atom is 0.0430 e. The second kappa shape index (κ2) is 6.25. The lowest BCUT2D eigenvalue weighted by molar-refractivity contribution is 1.14. The summed E-state index contributed by atoms with van der Waals surface area (Å²) in [7, 11) is 0. The molecule has 1 nitrogen and oxygen atoms in total. The summed E-state index contributed by atoms with van der Waals surface area (Å²) in [6.45, 7) is 0.809. The highest BCUT2D eigenvalue weighted by Gasteiger charge is 2.05. The fourth-order valence-electron chi connectivity index (χ4n) is 2.12. The lowest BCUT2D eigenvalue weighted by Gasteiger charge is -2.12. The number of hydrogen-bond donors (Lipinski definition) is 1. The molecule has 0 bridgehead atoms. The van der Waals surface area contributed by atoms with E-state index in [4.69, 9.17) is 0 Å². The van der Waals surface area contributed by atoms with Gasteiger partial charge in [0.2, 0.25) is 0 Å². The first-order chi connectivity index (χ1) is 9.84. The van der Waals surface area contributed by atoms with E-state index >= 15 is 0 Å². The van der Waals surface area contributed by atoms with Crippen LogP contribution in [0.4, 0.5) is 5.69 Å². The molecule has 0 aliphatic heterocycles. The molecule has 3 rings (SSSR count). The fraction of sp³-hybridized carbons (Fsp3) is 0.0588. The zero-order valence-electron chi connectivity index (χ0n) is 10.8. The normalized spacial score (nSPS) is 10.4. The average Bonchev–Trinajstić information content (AvgIpc) is 3.01. The highest BCUT2D eigenvalue weighted by atomic mass is 79.9. The number of para-hydroxylation sites is 1. The van der Waals surface area contributed by atoms with Crippen molar-refractivity contribution in [3.05, 3.63) is 76.1 Å². The Kier molecular flexibility index (Phi) is 4.19. The second-order valence-corrected chi connectivity index (χ2v) is 6.27. The molecule has 0 aliphatic carbocycles. The molecule has 0 saturated carbocycles. The summed E-state index contributed by atoms with van der Waals surface area (Å²) in [5.41, 5.74) is 3.69. The SMILES string of the molecule is Brc1ccccc1CNc1ccccc1-c1cccs1. The Morgan fingerprint density at radius 3 is 2.50 bits per heavy atom. The first-order valence-corrected chi connectivity index (χ1v) is 8.12. The van der Waals surface area contributed by atoms with Crippen molar-refractivity contribution in [3.8, 4) is 10.4 Å². The first-order valence-electron chi connectivity index (χ1n) is 6.45. The van der Waals surface area contributed by atoms with Crippen LogP contribution in [0, 0.1) is 0 Å². The quantitative estimate of drug-likeness (QED) is 0.632. The van der Waals surface area contributed by atoms with E-state index in [9.17, 15) is 0 Å². The molecule has 20 heavy (non-hydrogen) atoms. The van der Waals surface area contributed by atoms with Crippen molar-refractivity contribution in [2.75, 3.05) is 5.32 Å². The van der Waals surface area contributed by atoms with E-state index in [0.717, 1.165) is 11.0 Å². The fourth-order valence-corrected chi connectivity index (χ4v) is 3.31. The van der Waals surface area contributed by atoms with E-state index in [0.29, 0.717) is 0 Å². The van der Waals surface area contributed by atoms with Gasteiger partial charge in [0.15, 0.2) is 0 Å². The van der Waals surface area contributed by atoms with Gasteiger partial charge in [0.05, 0.1) is 0 Å². The largest absolute Gasteiger partial charge is 0.380 e. The van der Waals surface area contributed by atoms with E-state index < -0.39 is 0 Å². The van der Waals surface area contributed by atoms with Crippen molar-refractivity contribution < 1.29 is 0 Å². The summed E-state index contributed by atoms with van der Waals surface area (Å²) in [5.74, 6) is 0. The van der Waals surface area contributed by atoms with Crippen LogP contribution in [0.25, 0.3) is 10.4 Å². The smallest absolute Gasteiger partial charge is 0.0430 e. The zero-order valence-corrected chi connectivity index (χ0v) is 13.2. The van der Waals surface area contributed by atoms with Crippen LogP contribution in [0.5, 0.6) is 0 Å². The van der Waals surface area contributed by atoms with Gasteiger partial charge in [-0.15, -0.1) is 11.3 Å². The minimum Gasteiger partial charge on any atom is -0.380 e. The summed E-state index contributed by atoms with van der Waals surface area (Å²) >= 11 is 5.35. The number of anilines is 1. The molecule has 1 heterocycles. The van der Waals surface area contributed by atoms with Crippen LogP contribution in [-0.2, 0) is 6.54 Å². The molecule has 3 heteroatoms. The minimum absolute atomic E-state index is 0.809. The van der Waals surface area contributed by atoms with Gasteiger partial charge < -0.3 is 5.32 Å². The molecule has 0 unspecified atom stereocenters. The van der Waals surface area contributed by atoms with E-state index in [1.54, 1.807) is 11.3 Å². The van der Waals surface area contributed by atoms with E-state index in [2.05, 4.69) is 81.2 Å². The van der Waals surface area contributed by atoms with Gasteiger partial charge in [0.25, 0.3) is 0 Å². The van der Waals surface area contributed by atoms with E-state index in [-0.39, 0.29) is 0 Å². The maximum absolute atomic E-state index is 3.59. The Morgan fingerprint density at radius 1 is 0.900 bits per heavy atom. The van der Waals surface area contributed by atoms with E-state index in [1.807, 2.05) is 6.07 Å². The number of nitrogens with one attached hydrogen (secondary N) is 1. The van der Waals surface area contributed by atoms with Gasteiger partial charge in [0, 0.05) is 27.1 Å². The molecule has 0 saturated heterocycles. The molecule has 0 radical (unpaired) electrons. The molecule has 1 N–H and O–H groups in total. The van der Waals surface area contributed by atoms with Crippen LogP contribution in [0.2, 0.25) is 0 Å². The lowest BCUT2D eigenvalue weighted by Crippen LogP contribution is -2.01. The predicted molar refractivity (Wildman–Crippen MR) is 91.2 cm³/mol. The summed E-state index contributed by atoms with van der Waals surface area (Å²) in [4.78, 5) is 1.29. The van der Waals surface area contributed by atoms with Gasteiger partial charge in [-0.2, -0.15) is 0 Å². The Morgan fingerprint density at radius 2 is 1.70 bits per heavy atom. The Hall–Kier alpha value is -1.58. The third-order valence-corrected chi connectivity index (χ3v) is 4.82. The van der Waals surface area contributed by atoms with E-state index in [1.165, 1.54) is 21.7 Å². The minimum atomic E-state index is 0.809. The Bertz CT molecular complexity index is 692. The van der Waals surface area contributed by atoms with Gasteiger partial charge in [-0.3, -0.25) is 0 Å². The molecule has 3 aromatic rings. The van der Waals surface area contributed by atoms with Gasteiger partial charge in [-0.25, -0.2) is 0 Å². The molecule has 0 atom stereocenters. The molecular formula is C17H14BrNS. The number of thiophene rings is 1. The van der Waals surface area contributed by atoms with Crippen molar-refractivity contribution in [2.24, 2.45) is 0 Å². The molecular weight excluding hydrogens is 330 g/mol. The number of rotatable bonds is 4. The Balaban J connectivity index is 1.84. The average molecular weight is 344 g/mol. The third kappa shape index (κ3) is 2.94. The lowest BCUT2D eigenvalue weighted by atomic mass is 10.1. The molecule has 1 aromatic heterocycles. The molecule has 100 valence electrons. The second-order valence-electron chi connectivity index (χ2n) is 4.47. The van der Waals surface area contributed by atoms with Crippen LogP contribution in [0.3, 0.4) is 0 Å². The third-order valence-electron chi connectivity index (χ3n) is 3.14. The van der Waals surface area contributed by atoms with Crippen LogP contribution < -0.4 is 5.32 Å². The molecule has 2 aromatic carbocycles. The zero-order chi connectivity index (χ0) is 13.8. The monoisotopic (exact) mass is 343 g/mol. The van der Waals surface area contributed by atoms with Crippen LogP contribution in [0.15, 0.2) is 70.5 Å². The van der Waals surface area contributed by atoms with Crippen LogP contribution >= 0.6 is 27.3 Å². The standard InChI is InChI=1S/C17H14BrNS/c18-15-8-3-1-6-13(15)12-19-16-9-4-2-7-14(16)17-10-5-11-20-17/h1-11,19H,12H2. The van der Waals surface area contributed by atoms with Crippen molar-refractivity contribution in [1.82, 2.24) is 0 Å². The number of halogens is 1. The topological polar surface area (TPSA) is 12.0 Å². The summed E-state index contributed by atoms with van der Waals surface area (Å²) < 4.78 is 1.14. The molecule has 0 amide bonds. The van der Waals surface area contributed by atoms with Gasteiger partial charge >= 0.3 is 0 Å². The maximum atomic E-state index is 3.59. The van der Waals surface area contributed by atoms with Gasteiger partial charge in [0.1, 0.15) is 0 Å². The van der Waals surface area contributed by atoms with Gasteiger partial charge in [-0.1, -0.05) is 58.4 Å². The van der Waals surface area contributed by atoms with Crippen molar-refractivity contribution in [3.63, 3.8) is 0 Å². The Labute approximate surface area is 131 Å². The van der Waals surface area contributed by atoms with Crippen LogP contribution in [-0.4, -0.2) is 0 Å². The van der Waals surface area contributed by atoms with Crippen molar-refractivity contribution in [1.29, 1.82) is 0 Å². The highest BCUT2D eigenvalue weighted by Crippen LogP contribution is 2.31. The summed E-state index contributed by atoms with van der Waals surface area (Å²) in [5, 5.41) is 5.65. The number of hydrogen-bond acceptors (Lipinski definition) is 2. The molecule has 0 spiro atoms. The predicted octanol–water partition coefficient (Wildman–Crippen LogP) is 5.79. The highest BCUT2D eigenvalue weighted by molar-refractivity contribution is 9.10. The van der Waals surface area contributed by atoms with Crippen molar-refractivity contribution >= 4 is 33.0 Å².